The molecule has 1 fully saturated rings. The maximum absolute atomic E-state index is 13.3. The minimum atomic E-state index is -0.526. The van der Waals surface area contributed by atoms with Gasteiger partial charge in [-0.1, -0.05) is 0 Å². The van der Waals surface area contributed by atoms with Crippen molar-refractivity contribution in [3.05, 3.63) is 53.8 Å². The molecule has 0 bridgehead atoms. The summed E-state index contributed by atoms with van der Waals surface area (Å²) in [5.74, 6) is -0.353. The van der Waals surface area contributed by atoms with E-state index in [-0.39, 0.29) is 43.1 Å². The third-order valence-electron chi connectivity index (χ3n) is 6.06. The number of hydrogen-bond acceptors (Lipinski definition) is 5. The van der Waals surface area contributed by atoms with Gasteiger partial charge in [-0.25, -0.2) is 9.18 Å². The Bertz CT molecular complexity index is 1080. The van der Waals surface area contributed by atoms with Gasteiger partial charge in [-0.2, -0.15) is 0 Å². The molecule has 3 atom stereocenters. The molecule has 0 spiro atoms. The Morgan fingerprint density at radius 2 is 1.79 bits per heavy atom. The van der Waals surface area contributed by atoms with Gasteiger partial charge < -0.3 is 30.3 Å². The summed E-state index contributed by atoms with van der Waals surface area (Å²) in [7, 11) is 3.31. The Hall–Kier alpha value is -3.66. The average molecular weight is 471 g/mol. The quantitative estimate of drug-likeness (QED) is 0.637. The maximum Gasteiger partial charge on any atom is 0.323 e. The summed E-state index contributed by atoms with van der Waals surface area (Å²) < 4.78 is 25.1. The zero-order valence-corrected chi connectivity index (χ0v) is 19.0. The third-order valence-corrected chi connectivity index (χ3v) is 6.06. The van der Waals surface area contributed by atoms with Crippen LogP contribution in [0.25, 0.3) is 0 Å². The molecule has 3 N–H and O–H groups in total. The third kappa shape index (κ3) is 5.28. The molecule has 4 amide bonds. The van der Waals surface area contributed by atoms with Gasteiger partial charge in [0.15, 0.2) is 0 Å². The van der Waals surface area contributed by atoms with Crippen LogP contribution >= 0.6 is 0 Å². The Kier molecular flexibility index (Phi) is 6.97. The Morgan fingerprint density at radius 3 is 2.53 bits per heavy atom. The van der Waals surface area contributed by atoms with Crippen molar-refractivity contribution in [3.8, 4) is 5.75 Å². The predicted octanol–water partition coefficient (Wildman–Crippen LogP) is 2.99. The number of hydrogen-bond donors (Lipinski definition) is 3. The maximum atomic E-state index is 13.3. The SMILES string of the molecule is CNC(=O)C[C@H]1CC[C@@H]2[C@H](COc3ccc(NC(=O)Nc4ccc(F)cc4)cc3C(=O)N2C)O1. The normalized spacial score (nSPS) is 21.8. The fourth-order valence-electron chi connectivity index (χ4n) is 4.24. The lowest BCUT2D eigenvalue weighted by Crippen LogP contribution is -2.53. The number of carbonyl (C=O) groups excluding carboxylic acids is 3. The highest BCUT2D eigenvalue weighted by atomic mass is 19.1. The first-order valence-corrected chi connectivity index (χ1v) is 11.1. The summed E-state index contributed by atoms with van der Waals surface area (Å²) in [6.45, 7) is 0.233. The van der Waals surface area contributed by atoms with E-state index in [1.54, 1.807) is 37.2 Å². The predicted molar refractivity (Wildman–Crippen MR) is 123 cm³/mol. The number of benzene rings is 2. The number of anilines is 2. The number of carbonyl (C=O) groups is 3. The molecule has 10 heteroatoms. The van der Waals surface area contributed by atoms with Gasteiger partial charge in [-0.05, 0) is 55.3 Å². The number of halogens is 1. The number of rotatable bonds is 4. The first-order chi connectivity index (χ1) is 16.3. The van der Waals surface area contributed by atoms with Crippen molar-refractivity contribution in [1.82, 2.24) is 10.2 Å². The lowest BCUT2D eigenvalue weighted by Gasteiger charge is -2.42. The molecule has 2 aliphatic heterocycles. The van der Waals surface area contributed by atoms with Gasteiger partial charge in [0.1, 0.15) is 24.3 Å². The van der Waals surface area contributed by atoms with Crippen LogP contribution in [0.15, 0.2) is 42.5 Å². The molecular formula is C24H27FN4O5. The van der Waals surface area contributed by atoms with E-state index >= 15 is 0 Å². The van der Waals surface area contributed by atoms with Crippen LogP contribution in [0.5, 0.6) is 5.75 Å². The van der Waals surface area contributed by atoms with Gasteiger partial charge in [0.2, 0.25) is 5.91 Å². The fraction of sp³-hybridized carbons (Fsp3) is 0.375. The van der Waals surface area contributed by atoms with Crippen LogP contribution < -0.4 is 20.7 Å². The Labute approximate surface area is 196 Å². The fourth-order valence-corrected chi connectivity index (χ4v) is 4.24. The molecule has 2 heterocycles. The van der Waals surface area contributed by atoms with Gasteiger partial charge in [0, 0.05) is 25.5 Å². The van der Waals surface area contributed by atoms with E-state index in [1.807, 2.05) is 0 Å². The number of nitrogens with one attached hydrogen (secondary N) is 3. The molecule has 34 heavy (non-hydrogen) atoms. The Morgan fingerprint density at radius 1 is 1.09 bits per heavy atom. The number of amides is 4. The molecule has 180 valence electrons. The lowest BCUT2D eigenvalue weighted by molar-refractivity contribution is -0.133. The summed E-state index contributed by atoms with van der Waals surface area (Å²) in [5, 5.41) is 7.90. The zero-order chi connectivity index (χ0) is 24.2. The molecule has 9 nitrogen and oxygen atoms in total. The van der Waals surface area contributed by atoms with Crippen LogP contribution in [0.4, 0.5) is 20.6 Å². The molecule has 0 unspecified atom stereocenters. The second-order valence-electron chi connectivity index (χ2n) is 8.34. The lowest BCUT2D eigenvalue weighted by atomic mass is 9.94. The topological polar surface area (TPSA) is 109 Å². The van der Waals surface area contributed by atoms with Gasteiger partial charge >= 0.3 is 6.03 Å². The first-order valence-electron chi connectivity index (χ1n) is 11.1. The van der Waals surface area contributed by atoms with Crippen LogP contribution in [-0.2, 0) is 9.53 Å². The molecule has 0 saturated carbocycles. The van der Waals surface area contributed by atoms with Gasteiger partial charge in [-0.15, -0.1) is 0 Å². The molecule has 0 aromatic heterocycles. The van der Waals surface area contributed by atoms with E-state index in [1.165, 1.54) is 24.3 Å². The molecule has 0 radical (unpaired) electrons. The van der Waals surface area contributed by atoms with Crippen molar-refractivity contribution in [3.63, 3.8) is 0 Å². The van der Waals surface area contributed by atoms with Crippen molar-refractivity contribution in [2.45, 2.75) is 37.5 Å². The number of urea groups is 1. The van der Waals surface area contributed by atoms with E-state index in [4.69, 9.17) is 9.47 Å². The van der Waals surface area contributed by atoms with E-state index in [0.717, 1.165) is 0 Å². The average Bonchev–Trinajstić information content (AvgIpc) is 2.83. The van der Waals surface area contributed by atoms with Crippen LogP contribution in [0.2, 0.25) is 0 Å². The van der Waals surface area contributed by atoms with Gasteiger partial charge in [-0.3, -0.25) is 9.59 Å². The van der Waals surface area contributed by atoms with Crippen LogP contribution in [0, 0.1) is 5.82 Å². The van der Waals surface area contributed by atoms with E-state index in [9.17, 15) is 18.8 Å². The van der Waals surface area contributed by atoms with Crippen molar-refractivity contribution in [1.29, 1.82) is 0 Å². The summed E-state index contributed by atoms with van der Waals surface area (Å²) in [6, 6.07) is 9.49. The highest BCUT2D eigenvalue weighted by molar-refractivity contribution is 6.02. The summed E-state index contributed by atoms with van der Waals surface area (Å²) >= 11 is 0. The Balaban J connectivity index is 1.46. The molecule has 4 rings (SSSR count). The molecule has 2 aromatic carbocycles. The molecule has 2 aromatic rings. The minimum Gasteiger partial charge on any atom is -0.490 e. The highest BCUT2D eigenvalue weighted by Crippen LogP contribution is 2.32. The number of likely N-dealkylation sites (N-methyl/N-ethyl adjacent to an activating group) is 1. The van der Waals surface area contributed by atoms with E-state index in [2.05, 4.69) is 16.0 Å². The number of fused-ring (bicyclic) bond motifs is 2. The number of ether oxygens (including phenoxy) is 2. The van der Waals surface area contributed by atoms with Gasteiger partial charge in [0.25, 0.3) is 5.91 Å². The summed E-state index contributed by atoms with van der Waals surface area (Å²) in [6.07, 6.45) is 1.03. The van der Waals surface area contributed by atoms with Gasteiger partial charge in [0.05, 0.1) is 24.1 Å². The first kappa shape index (κ1) is 23.5. The zero-order valence-electron chi connectivity index (χ0n) is 19.0. The van der Waals surface area contributed by atoms with Crippen LogP contribution in [0.1, 0.15) is 29.6 Å². The minimum absolute atomic E-state index is 0.0894. The smallest absolute Gasteiger partial charge is 0.323 e. The summed E-state index contributed by atoms with van der Waals surface area (Å²) in [4.78, 5) is 39.0. The molecular weight excluding hydrogens is 443 g/mol. The molecule has 0 aliphatic carbocycles. The summed E-state index contributed by atoms with van der Waals surface area (Å²) in [5.41, 5.74) is 1.17. The van der Waals surface area contributed by atoms with E-state index in [0.29, 0.717) is 35.5 Å². The largest absolute Gasteiger partial charge is 0.490 e. The highest BCUT2D eigenvalue weighted by Gasteiger charge is 2.39. The van der Waals surface area contributed by atoms with Crippen molar-refractivity contribution >= 4 is 29.2 Å². The second-order valence-corrected chi connectivity index (χ2v) is 8.34. The second kappa shape index (κ2) is 10.1. The molecule has 2 aliphatic rings. The molecule has 1 saturated heterocycles. The monoisotopic (exact) mass is 470 g/mol. The standard InChI is InChI=1S/C24H27FN4O5/c1-26-22(30)12-17-8-9-19-21(34-17)13-33-20-10-7-16(11-18(20)23(31)29(19)2)28-24(32)27-15-5-3-14(25)4-6-15/h3-7,10-11,17,19,21H,8-9,12-13H2,1-2H3,(H,26,30)(H2,27,28,32)/t17-,19-,21+/m1/s1. The van der Waals surface area contributed by atoms with Crippen LogP contribution in [0.3, 0.4) is 0 Å². The van der Waals surface area contributed by atoms with Crippen molar-refractivity contribution in [2.24, 2.45) is 0 Å². The van der Waals surface area contributed by atoms with Crippen molar-refractivity contribution in [2.75, 3.05) is 31.3 Å². The van der Waals surface area contributed by atoms with Crippen molar-refractivity contribution < 1.29 is 28.2 Å². The van der Waals surface area contributed by atoms with Crippen LogP contribution in [-0.4, -0.2) is 61.7 Å². The number of nitrogens with zero attached hydrogens (tertiary/aromatic N) is 1. The van der Waals surface area contributed by atoms with E-state index < -0.39 is 11.8 Å².